The SMILES string of the molecule is Cn1cnc2cc(-c3ccc(C4CCNCC4)c(F)c3)nc(NC3CC3)c2c1=O. The fraction of sp³-hybridized carbons (Fsp3) is 0.409. The largest absolute Gasteiger partial charge is 0.367 e. The van der Waals surface area contributed by atoms with E-state index in [9.17, 15) is 9.18 Å². The number of halogens is 1. The van der Waals surface area contributed by atoms with Crippen LogP contribution in [0.3, 0.4) is 0 Å². The van der Waals surface area contributed by atoms with Crippen molar-refractivity contribution < 1.29 is 4.39 Å². The van der Waals surface area contributed by atoms with E-state index in [0.717, 1.165) is 44.3 Å². The lowest BCUT2D eigenvalue weighted by molar-refractivity contribution is 0.445. The van der Waals surface area contributed by atoms with Crippen LogP contribution in [0.1, 0.15) is 37.2 Å². The Morgan fingerprint density at radius 3 is 2.69 bits per heavy atom. The molecule has 2 aliphatic rings. The molecule has 2 N–H and O–H groups in total. The summed E-state index contributed by atoms with van der Waals surface area (Å²) in [5.74, 6) is 0.605. The highest BCUT2D eigenvalue weighted by Crippen LogP contribution is 2.32. The maximum Gasteiger partial charge on any atom is 0.264 e. The van der Waals surface area contributed by atoms with E-state index in [4.69, 9.17) is 4.98 Å². The Kier molecular flexibility index (Phi) is 4.54. The molecular formula is C22H24FN5O. The minimum Gasteiger partial charge on any atom is -0.367 e. The van der Waals surface area contributed by atoms with Crippen molar-refractivity contribution in [1.29, 1.82) is 0 Å². The molecule has 2 aromatic heterocycles. The van der Waals surface area contributed by atoms with Gasteiger partial charge in [0.2, 0.25) is 0 Å². The van der Waals surface area contributed by atoms with Gasteiger partial charge in [-0.2, -0.15) is 0 Å². The third-order valence-corrected chi connectivity index (χ3v) is 5.90. The van der Waals surface area contributed by atoms with E-state index >= 15 is 0 Å². The van der Waals surface area contributed by atoms with Gasteiger partial charge < -0.3 is 15.2 Å². The number of anilines is 1. The lowest BCUT2D eigenvalue weighted by Crippen LogP contribution is -2.27. The topological polar surface area (TPSA) is 71.8 Å². The van der Waals surface area contributed by atoms with Crippen LogP contribution >= 0.6 is 0 Å². The molecule has 150 valence electrons. The van der Waals surface area contributed by atoms with Crippen molar-refractivity contribution in [3.05, 3.63) is 52.3 Å². The lowest BCUT2D eigenvalue weighted by Gasteiger charge is -2.23. The monoisotopic (exact) mass is 393 g/mol. The zero-order valence-corrected chi connectivity index (χ0v) is 16.4. The highest BCUT2D eigenvalue weighted by molar-refractivity contribution is 5.91. The summed E-state index contributed by atoms with van der Waals surface area (Å²) in [6.45, 7) is 1.85. The summed E-state index contributed by atoms with van der Waals surface area (Å²) in [5, 5.41) is 7.15. The summed E-state index contributed by atoms with van der Waals surface area (Å²) < 4.78 is 16.4. The number of nitrogens with zero attached hydrogens (tertiary/aromatic N) is 3. The van der Waals surface area contributed by atoms with Crippen molar-refractivity contribution in [3.63, 3.8) is 0 Å². The maximum absolute atomic E-state index is 14.9. The first-order valence-electron chi connectivity index (χ1n) is 10.2. The Morgan fingerprint density at radius 1 is 1.17 bits per heavy atom. The molecule has 29 heavy (non-hydrogen) atoms. The van der Waals surface area contributed by atoms with Gasteiger partial charge in [0.25, 0.3) is 5.56 Å². The van der Waals surface area contributed by atoms with Crippen molar-refractivity contribution in [2.75, 3.05) is 18.4 Å². The molecule has 2 fully saturated rings. The predicted molar refractivity (Wildman–Crippen MR) is 112 cm³/mol. The van der Waals surface area contributed by atoms with E-state index in [1.807, 2.05) is 12.1 Å². The number of pyridine rings is 1. The van der Waals surface area contributed by atoms with Crippen LogP contribution < -0.4 is 16.2 Å². The van der Waals surface area contributed by atoms with Gasteiger partial charge in [-0.3, -0.25) is 4.79 Å². The molecule has 0 spiro atoms. The normalized spacial score (nSPS) is 17.6. The van der Waals surface area contributed by atoms with Gasteiger partial charge in [0.1, 0.15) is 17.0 Å². The summed E-state index contributed by atoms with van der Waals surface area (Å²) in [6, 6.07) is 7.49. The highest BCUT2D eigenvalue weighted by Gasteiger charge is 2.24. The first kappa shape index (κ1) is 18.2. The second kappa shape index (κ2) is 7.22. The summed E-state index contributed by atoms with van der Waals surface area (Å²) in [4.78, 5) is 21.8. The molecule has 1 aliphatic carbocycles. The quantitative estimate of drug-likeness (QED) is 0.712. The molecule has 1 saturated carbocycles. The van der Waals surface area contributed by atoms with Crippen molar-refractivity contribution in [1.82, 2.24) is 19.9 Å². The molecule has 5 rings (SSSR count). The van der Waals surface area contributed by atoms with Crippen molar-refractivity contribution in [2.45, 2.75) is 37.6 Å². The fourth-order valence-corrected chi connectivity index (χ4v) is 4.05. The molecule has 1 aromatic carbocycles. The van der Waals surface area contributed by atoms with Gasteiger partial charge in [-0.05, 0) is 62.4 Å². The number of benzene rings is 1. The van der Waals surface area contributed by atoms with E-state index in [-0.39, 0.29) is 17.3 Å². The van der Waals surface area contributed by atoms with Crippen LogP contribution in [0.15, 0.2) is 35.4 Å². The van der Waals surface area contributed by atoms with Gasteiger partial charge >= 0.3 is 0 Å². The smallest absolute Gasteiger partial charge is 0.264 e. The molecule has 7 heteroatoms. The van der Waals surface area contributed by atoms with Crippen LogP contribution in [0.4, 0.5) is 10.2 Å². The first-order valence-corrected chi connectivity index (χ1v) is 10.2. The van der Waals surface area contributed by atoms with E-state index in [1.165, 1.54) is 10.9 Å². The van der Waals surface area contributed by atoms with Gasteiger partial charge in [0, 0.05) is 18.7 Å². The number of aryl methyl sites for hydroxylation is 1. The highest BCUT2D eigenvalue weighted by atomic mass is 19.1. The number of piperidine rings is 1. The van der Waals surface area contributed by atoms with Crippen LogP contribution in [0, 0.1) is 5.82 Å². The Bertz CT molecular complexity index is 1130. The maximum atomic E-state index is 14.9. The number of aromatic nitrogens is 3. The Morgan fingerprint density at radius 2 is 1.97 bits per heavy atom. The second-order valence-electron chi connectivity index (χ2n) is 8.09. The van der Waals surface area contributed by atoms with Crippen LogP contribution in [0.5, 0.6) is 0 Å². The molecule has 0 radical (unpaired) electrons. The van der Waals surface area contributed by atoms with E-state index < -0.39 is 0 Å². The Balaban J connectivity index is 1.58. The van der Waals surface area contributed by atoms with Crippen molar-refractivity contribution in [3.8, 4) is 11.3 Å². The third kappa shape index (κ3) is 3.51. The average molecular weight is 393 g/mol. The zero-order valence-electron chi connectivity index (χ0n) is 16.4. The predicted octanol–water partition coefficient (Wildman–Crippen LogP) is 3.18. The molecule has 0 atom stereocenters. The van der Waals surface area contributed by atoms with Crippen LogP contribution in [0.2, 0.25) is 0 Å². The minimum atomic E-state index is -0.190. The number of fused-ring (bicyclic) bond motifs is 1. The summed E-state index contributed by atoms with van der Waals surface area (Å²) in [5.41, 5.74) is 2.54. The van der Waals surface area contributed by atoms with Crippen LogP contribution in [-0.2, 0) is 7.05 Å². The van der Waals surface area contributed by atoms with Gasteiger partial charge in [-0.25, -0.2) is 14.4 Å². The van der Waals surface area contributed by atoms with E-state index in [2.05, 4.69) is 15.6 Å². The lowest BCUT2D eigenvalue weighted by atomic mass is 9.89. The van der Waals surface area contributed by atoms with Crippen LogP contribution in [0.25, 0.3) is 22.2 Å². The average Bonchev–Trinajstić information content (AvgIpc) is 3.55. The van der Waals surface area contributed by atoms with Gasteiger partial charge in [-0.15, -0.1) is 0 Å². The molecule has 0 unspecified atom stereocenters. The van der Waals surface area contributed by atoms with Gasteiger partial charge in [-0.1, -0.05) is 12.1 Å². The molecule has 3 heterocycles. The molecule has 0 bridgehead atoms. The Hall–Kier alpha value is -2.80. The van der Waals surface area contributed by atoms with Gasteiger partial charge in [0.15, 0.2) is 0 Å². The molecular weight excluding hydrogens is 369 g/mol. The second-order valence-corrected chi connectivity index (χ2v) is 8.09. The summed E-state index contributed by atoms with van der Waals surface area (Å²) >= 11 is 0. The third-order valence-electron chi connectivity index (χ3n) is 5.90. The van der Waals surface area contributed by atoms with Crippen LogP contribution in [-0.4, -0.2) is 33.7 Å². The fourth-order valence-electron chi connectivity index (χ4n) is 4.05. The molecule has 1 saturated heterocycles. The first-order chi connectivity index (χ1) is 14.1. The number of hydrogen-bond donors (Lipinski definition) is 2. The van der Waals surface area contributed by atoms with E-state index in [0.29, 0.717) is 34.0 Å². The number of hydrogen-bond acceptors (Lipinski definition) is 5. The number of rotatable bonds is 4. The number of nitrogens with one attached hydrogen (secondary N) is 2. The summed E-state index contributed by atoms with van der Waals surface area (Å²) in [7, 11) is 1.68. The summed E-state index contributed by atoms with van der Waals surface area (Å²) in [6.07, 6.45) is 5.54. The minimum absolute atomic E-state index is 0.135. The molecule has 1 aliphatic heterocycles. The van der Waals surface area contributed by atoms with Gasteiger partial charge in [0.05, 0.1) is 17.5 Å². The molecule has 6 nitrogen and oxygen atoms in total. The Labute approximate surface area is 168 Å². The zero-order chi connectivity index (χ0) is 20.0. The molecule has 0 amide bonds. The molecule has 3 aromatic rings. The van der Waals surface area contributed by atoms with Crippen molar-refractivity contribution in [2.24, 2.45) is 7.05 Å². The standard InChI is InChI=1S/C22H24FN5O/c1-28-12-25-19-11-18(27-21(20(19)22(28)29)26-15-3-4-15)14-2-5-16(17(23)10-14)13-6-8-24-9-7-13/h2,5,10-13,15,24H,3-4,6-9H2,1H3,(H,26,27). The van der Waals surface area contributed by atoms with Crippen molar-refractivity contribution >= 4 is 16.7 Å². The van der Waals surface area contributed by atoms with E-state index in [1.54, 1.807) is 19.2 Å².